The Morgan fingerprint density at radius 2 is 1.50 bits per heavy atom. The number of ether oxygens (including phenoxy) is 5. The second kappa shape index (κ2) is 10.5. The summed E-state index contributed by atoms with van der Waals surface area (Å²) >= 11 is 0. The molecule has 0 bridgehead atoms. The van der Waals surface area contributed by atoms with Gasteiger partial charge in [0, 0.05) is 26.6 Å². The zero-order valence-corrected chi connectivity index (χ0v) is 17.9. The van der Waals surface area contributed by atoms with Gasteiger partial charge >= 0.3 is 0 Å². The van der Waals surface area contributed by atoms with Crippen LogP contribution in [0.15, 0.2) is 35.3 Å². The Hall–Kier alpha value is -3.29. The highest BCUT2D eigenvalue weighted by molar-refractivity contribution is 5.79. The van der Waals surface area contributed by atoms with Crippen molar-refractivity contribution in [2.24, 2.45) is 4.99 Å². The molecule has 2 N–H and O–H groups in total. The number of methoxy groups -OCH3 is 3. The van der Waals surface area contributed by atoms with Crippen LogP contribution in [0, 0.1) is 0 Å². The molecule has 162 valence electrons. The van der Waals surface area contributed by atoms with Gasteiger partial charge in [0.1, 0.15) is 0 Å². The molecule has 0 saturated carbocycles. The minimum atomic E-state index is 0.539. The zero-order valence-electron chi connectivity index (χ0n) is 17.9. The Morgan fingerprint density at radius 1 is 0.867 bits per heavy atom. The summed E-state index contributed by atoms with van der Waals surface area (Å²) in [6, 6.07) is 9.79. The molecule has 8 heteroatoms. The van der Waals surface area contributed by atoms with Crippen molar-refractivity contribution in [2.45, 2.75) is 19.5 Å². The molecule has 0 fully saturated rings. The number of benzene rings is 2. The maximum absolute atomic E-state index is 5.76. The average Bonchev–Trinajstić information content (AvgIpc) is 3.03. The first-order valence-corrected chi connectivity index (χ1v) is 9.80. The Kier molecular flexibility index (Phi) is 7.48. The first-order valence-electron chi connectivity index (χ1n) is 9.80. The molecule has 1 aliphatic rings. The lowest BCUT2D eigenvalue weighted by Gasteiger charge is -2.16. The molecule has 0 radical (unpaired) electrons. The van der Waals surface area contributed by atoms with Gasteiger partial charge in [0.2, 0.25) is 5.75 Å². The number of fused-ring (bicyclic) bond motifs is 1. The highest BCUT2D eigenvalue weighted by atomic mass is 16.5. The van der Waals surface area contributed by atoms with Gasteiger partial charge in [0.15, 0.2) is 29.0 Å². The number of guanidine groups is 1. The van der Waals surface area contributed by atoms with Crippen molar-refractivity contribution >= 4 is 5.96 Å². The number of aliphatic imine (C=N–C) groups is 1. The molecule has 8 nitrogen and oxygen atoms in total. The van der Waals surface area contributed by atoms with Crippen molar-refractivity contribution in [3.8, 4) is 28.7 Å². The maximum atomic E-state index is 5.76. The normalized spacial score (nSPS) is 13.3. The van der Waals surface area contributed by atoms with E-state index < -0.39 is 0 Å². The number of hydrogen-bond acceptors (Lipinski definition) is 6. The molecule has 0 aromatic heterocycles. The van der Waals surface area contributed by atoms with Crippen LogP contribution in [0.2, 0.25) is 0 Å². The predicted molar refractivity (Wildman–Crippen MR) is 115 cm³/mol. The zero-order chi connectivity index (χ0) is 21.3. The van der Waals surface area contributed by atoms with Crippen LogP contribution < -0.4 is 34.3 Å². The Morgan fingerprint density at radius 3 is 2.10 bits per heavy atom. The summed E-state index contributed by atoms with van der Waals surface area (Å²) in [5.74, 6) is 4.05. The topological polar surface area (TPSA) is 82.6 Å². The lowest BCUT2D eigenvalue weighted by molar-refractivity contribution is 0.297. The Labute approximate surface area is 177 Å². The summed E-state index contributed by atoms with van der Waals surface area (Å²) < 4.78 is 27.6. The van der Waals surface area contributed by atoms with Crippen LogP contribution in [0.3, 0.4) is 0 Å². The van der Waals surface area contributed by atoms with E-state index in [1.165, 1.54) is 0 Å². The molecule has 2 aromatic rings. The predicted octanol–water partition coefficient (Wildman–Crippen LogP) is 2.74. The minimum Gasteiger partial charge on any atom is -0.493 e. The van der Waals surface area contributed by atoms with Gasteiger partial charge in [-0.15, -0.1) is 0 Å². The molecule has 1 aliphatic heterocycles. The highest BCUT2D eigenvalue weighted by Crippen LogP contribution is 2.38. The third kappa shape index (κ3) is 5.20. The fraction of sp³-hybridized carbons (Fsp3) is 0.409. The largest absolute Gasteiger partial charge is 0.493 e. The smallest absolute Gasteiger partial charge is 0.203 e. The van der Waals surface area contributed by atoms with Crippen LogP contribution in [-0.2, 0) is 13.1 Å². The summed E-state index contributed by atoms with van der Waals surface area (Å²) in [6.45, 7) is 2.49. The van der Waals surface area contributed by atoms with Crippen molar-refractivity contribution in [2.75, 3.05) is 41.6 Å². The van der Waals surface area contributed by atoms with E-state index in [1.54, 1.807) is 28.4 Å². The number of nitrogens with one attached hydrogen (secondary N) is 2. The molecule has 0 unspecified atom stereocenters. The van der Waals surface area contributed by atoms with Gasteiger partial charge in [-0.3, -0.25) is 4.99 Å². The second-order valence-corrected chi connectivity index (χ2v) is 6.64. The van der Waals surface area contributed by atoms with Gasteiger partial charge in [-0.25, -0.2) is 0 Å². The maximum Gasteiger partial charge on any atom is 0.203 e. The van der Waals surface area contributed by atoms with Crippen LogP contribution in [0.1, 0.15) is 17.5 Å². The van der Waals surface area contributed by atoms with Crippen molar-refractivity contribution in [1.29, 1.82) is 0 Å². The molecule has 0 aliphatic carbocycles. The van der Waals surface area contributed by atoms with E-state index >= 15 is 0 Å². The Balaban J connectivity index is 1.61. The summed E-state index contributed by atoms with van der Waals surface area (Å²) in [5.41, 5.74) is 2.05. The quantitative estimate of drug-likeness (QED) is 0.531. The fourth-order valence-electron chi connectivity index (χ4n) is 3.15. The summed E-state index contributed by atoms with van der Waals surface area (Å²) in [4.78, 5) is 4.29. The number of rotatable bonds is 7. The standard InChI is InChI=1S/C22H29N3O5/c1-23-22(24-13-15-6-7-17-18(10-15)30-9-5-8-29-17)25-14-16-11-19(26-2)21(28-4)20(12-16)27-3/h6-7,10-12H,5,8-9,13-14H2,1-4H3,(H2,23,24,25). The lowest BCUT2D eigenvalue weighted by Crippen LogP contribution is -2.36. The van der Waals surface area contributed by atoms with Gasteiger partial charge < -0.3 is 34.3 Å². The first kappa shape index (κ1) is 21.4. The van der Waals surface area contributed by atoms with Gasteiger partial charge in [0.25, 0.3) is 0 Å². The van der Waals surface area contributed by atoms with Gasteiger partial charge in [0.05, 0.1) is 34.5 Å². The van der Waals surface area contributed by atoms with Crippen molar-refractivity contribution < 1.29 is 23.7 Å². The van der Waals surface area contributed by atoms with E-state index in [4.69, 9.17) is 23.7 Å². The molecule has 2 aromatic carbocycles. The lowest BCUT2D eigenvalue weighted by atomic mass is 10.1. The number of hydrogen-bond donors (Lipinski definition) is 2. The Bertz CT molecular complexity index is 860. The average molecular weight is 415 g/mol. The third-order valence-electron chi connectivity index (χ3n) is 4.68. The monoisotopic (exact) mass is 415 g/mol. The van der Waals surface area contributed by atoms with E-state index in [2.05, 4.69) is 15.6 Å². The summed E-state index contributed by atoms with van der Waals surface area (Å²) in [5, 5.41) is 6.61. The minimum absolute atomic E-state index is 0.539. The van der Waals surface area contributed by atoms with Crippen LogP contribution >= 0.6 is 0 Å². The molecule has 0 amide bonds. The van der Waals surface area contributed by atoms with Gasteiger partial charge in [-0.2, -0.15) is 0 Å². The van der Waals surface area contributed by atoms with Crippen LogP contribution in [0.4, 0.5) is 0 Å². The first-order chi connectivity index (χ1) is 14.7. The molecule has 30 heavy (non-hydrogen) atoms. The molecule has 3 rings (SSSR count). The molecule has 0 spiro atoms. The molecular weight excluding hydrogens is 386 g/mol. The molecule has 0 atom stereocenters. The van der Waals surface area contributed by atoms with Gasteiger partial charge in [-0.1, -0.05) is 6.07 Å². The van der Waals surface area contributed by atoms with Crippen LogP contribution in [0.25, 0.3) is 0 Å². The summed E-state index contributed by atoms with van der Waals surface area (Å²) in [7, 11) is 6.52. The SMILES string of the molecule is CN=C(NCc1ccc2c(c1)OCCCO2)NCc1cc(OC)c(OC)c(OC)c1. The van der Waals surface area contributed by atoms with E-state index in [1.807, 2.05) is 30.3 Å². The van der Waals surface area contributed by atoms with Crippen molar-refractivity contribution in [3.63, 3.8) is 0 Å². The fourth-order valence-corrected chi connectivity index (χ4v) is 3.15. The van der Waals surface area contributed by atoms with Crippen LogP contribution in [0.5, 0.6) is 28.7 Å². The second-order valence-electron chi connectivity index (χ2n) is 6.64. The summed E-state index contributed by atoms with van der Waals surface area (Å²) in [6.07, 6.45) is 0.889. The highest BCUT2D eigenvalue weighted by Gasteiger charge is 2.14. The van der Waals surface area contributed by atoms with Crippen molar-refractivity contribution in [3.05, 3.63) is 41.5 Å². The van der Waals surface area contributed by atoms with E-state index in [-0.39, 0.29) is 0 Å². The molecule has 1 heterocycles. The van der Waals surface area contributed by atoms with Crippen molar-refractivity contribution in [1.82, 2.24) is 10.6 Å². The molecular formula is C22H29N3O5. The number of nitrogens with zero attached hydrogens (tertiary/aromatic N) is 1. The van der Waals surface area contributed by atoms with Crippen LogP contribution in [-0.4, -0.2) is 47.6 Å². The third-order valence-corrected chi connectivity index (χ3v) is 4.68. The van der Waals surface area contributed by atoms with E-state index in [0.717, 1.165) is 29.0 Å². The molecule has 0 saturated heterocycles. The van der Waals surface area contributed by atoms with E-state index in [0.29, 0.717) is 49.5 Å². The van der Waals surface area contributed by atoms with E-state index in [9.17, 15) is 0 Å². The van der Waals surface area contributed by atoms with Gasteiger partial charge in [-0.05, 0) is 35.4 Å².